The summed E-state index contributed by atoms with van der Waals surface area (Å²) in [5, 5.41) is 19.1. The lowest BCUT2D eigenvalue weighted by Gasteiger charge is -2.31. The molecule has 1 saturated heterocycles. The number of nitrogens with zero attached hydrogens (tertiary/aromatic N) is 1. The molecule has 1 amide bonds. The van der Waals surface area contributed by atoms with Gasteiger partial charge >= 0.3 is 5.97 Å². The van der Waals surface area contributed by atoms with Gasteiger partial charge in [-0.25, -0.2) is 4.79 Å². The number of nitrogens with one attached hydrogen (secondary N) is 2. The highest BCUT2D eigenvalue weighted by Crippen LogP contribution is 2.28. The Balaban J connectivity index is 1.55. The first kappa shape index (κ1) is 21.6. The Morgan fingerprint density at radius 3 is 2.73 bits per heavy atom. The van der Waals surface area contributed by atoms with E-state index in [0.29, 0.717) is 36.6 Å². The zero-order valence-corrected chi connectivity index (χ0v) is 17.1. The second-order valence-electron chi connectivity index (χ2n) is 7.37. The number of benzene rings is 1. The van der Waals surface area contributed by atoms with Crippen molar-refractivity contribution < 1.29 is 28.7 Å². The number of carboxylic acids is 1. The summed E-state index contributed by atoms with van der Waals surface area (Å²) in [6.45, 7) is 2.01. The van der Waals surface area contributed by atoms with Crippen LogP contribution < -0.4 is 20.1 Å². The van der Waals surface area contributed by atoms with E-state index in [0.717, 1.165) is 25.1 Å². The molecule has 2 heterocycles. The number of amides is 1. The molecule has 3 rings (SSSR count). The monoisotopic (exact) mass is 417 g/mol. The SMILES string of the molecule is COc1ccc(CNC(=O)C[C@H]2CCNC[C@@H]2Cc2cc(C(=O)O)on2)cc1OC. The number of piperidine rings is 1. The predicted octanol–water partition coefficient (Wildman–Crippen LogP) is 1.86. The number of aromatic nitrogens is 1. The van der Waals surface area contributed by atoms with Crippen molar-refractivity contribution in [3.05, 3.63) is 41.3 Å². The number of hydrogen-bond acceptors (Lipinski definition) is 7. The molecule has 1 aromatic heterocycles. The van der Waals surface area contributed by atoms with Gasteiger partial charge in [0.1, 0.15) is 0 Å². The van der Waals surface area contributed by atoms with E-state index < -0.39 is 5.97 Å². The highest BCUT2D eigenvalue weighted by atomic mass is 16.5. The number of ether oxygens (including phenoxy) is 2. The third-order valence-corrected chi connectivity index (χ3v) is 5.39. The van der Waals surface area contributed by atoms with Crippen LogP contribution in [-0.4, -0.2) is 49.4 Å². The van der Waals surface area contributed by atoms with E-state index in [1.807, 2.05) is 18.2 Å². The molecule has 3 N–H and O–H groups in total. The molecule has 1 aliphatic rings. The predicted molar refractivity (Wildman–Crippen MR) is 108 cm³/mol. The van der Waals surface area contributed by atoms with Crippen LogP contribution in [0.3, 0.4) is 0 Å². The summed E-state index contributed by atoms with van der Waals surface area (Å²) in [6.07, 6.45) is 1.85. The molecule has 0 unspecified atom stereocenters. The van der Waals surface area contributed by atoms with Crippen molar-refractivity contribution in [1.29, 1.82) is 0 Å². The summed E-state index contributed by atoms with van der Waals surface area (Å²) in [4.78, 5) is 23.5. The Hall–Kier alpha value is -3.07. The molecule has 9 heteroatoms. The molecule has 0 radical (unpaired) electrons. The van der Waals surface area contributed by atoms with E-state index in [1.165, 1.54) is 6.07 Å². The van der Waals surface area contributed by atoms with Gasteiger partial charge in [-0.05, 0) is 55.5 Å². The number of aromatic carboxylic acids is 1. The van der Waals surface area contributed by atoms with Gasteiger partial charge in [0, 0.05) is 19.0 Å². The van der Waals surface area contributed by atoms with Crippen LogP contribution in [0.25, 0.3) is 0 Å². The summed E-state index contributed by atoms with van der Waals surface area (Å²) in [6, 6.07) is 6.99. The maximum Gasteiger partial charge on any atom is 0.374 e. The van der Waals surface area contributed by atoms with Crippen molar-refractivity contribution in [2.24, 2.45) is 11.8 Å². The molecular weight excluding hydrogens is 390 g/mol. The number of rotatable bonds is 9. The molecule has 0 spiro atoms. The van der Waals surface area contributed by atoms with E-state index in [1.54, 1.807) is 14.2 Å². The van der Waals surface area contributed by atoms with Crippen LogP contribution in [0, 0.1) is 11.8 Å². The average molecular weight is 417 g/mol. The Bertz CT molecular complexity index is 881. The Morgan fingerprint density at radius 1 is 1.23 bits per heavy atom. The maximum atomic E-state index is 12.6. The fourth-order valence-corrected chi connectivity index (χ4v) is 3.76. The number of methoxy groups -OCH3 is 2. The van der Waals surface area contributed by atoms with Crippen LogP contribution in [0.5, 0.6) is 11.5 Å². The standard InChI is InChI=1S/C21H27N3O6/c1-28-17-4-3-13(7-18(17)29-2)11-23-20(25)9-14-5-6-22-12-15(14)8-16-10-19(21(26)27)30-24-16/h3-4,7,10,14-15,22H,5-6,8-9,11-12H2,1-2H3,(H,23,25)(H,26,27)/t14-,15+/m1/s1. The van der Waals surface area contributed by atoms with Crippen molar-refractivity contribution in [1.82, 2.24) is 15.8 Å². The lowest BCUT2D eigenvalue weighted by atomic mass is 9.81. The van der Waals surface area contributed by atoms with E-state index >= 15 is 0 Å². The Kier molecular flexibility index (Phi) is 7.29. The normalized spacial score (nSPS) is 18.6. The summed E-state index contributed by atoms with van der Waals surface area (Å²) in [7, 11) is 3.15. The van der Waals surface area contributed by atoms with Gasteiger partial charge in [-0.15, -0.1) is 0 Å². The third-order valence-electron chi connectivity index (χ3n) is 5.39. The number of carboxylic acid groups (broad SMARTS) is 1. The van der Waals surface area contributed by atoms with E-state index in [-0.39, 0.29) is 23.5 Å². The summed E-state index contributed by atoms with van der Waals surface area (Å²) in [5.74, 6) is 0.298. The highest BCUT2D eigenvalue weighted by molar-refractivity contribution is 5.84. The zero-order valence-electron chi connectivity index (χ0n) is 17.1. The first-order valence-corrected chi connectivity index (χ1v) is 9.87. The van der Waals surface area contributed by atoms with Gasteiger partial charge in [-0.2, -0.15) is 0 Å². The van der Waals surface area contributed by atoms with Crippen LogP contribution in [0.2, 0.25) is 0 Å². The summed E-state index contributed by atoms with van der Waals surface area (Å²) >= 11 is 0. The molecule has 0 saturated carbocycles. The second-order valence-corrected chi connectivity index (χ2v) is 7.37. The minimum Gasteiger partial charge on any atom is -0.493 e. The molecule has 1 aromatic carbocycles. The molecule has 2 aromatic rings. The third kappa shape index (κ3) is 5.50. The second kappa shape index (κ2) is 10.1. The maximum absolute atomic E-state index is 12.6. The Labute approximate surface area is 174 Å². The van der Waals surface area contributed by atoms with Gasteiger partial charge in [0.2, 0.25) is 11.7 Å². The molecule has 30 heavy (non-hydrogen) atoms. The molecule has 162 valence electrons. The van der Waals surface area contributed by atoms with Gasteiger partial charge in [0.25, 0.3) is 0 Å². The van der Waals surface area contributed by atoms with Crippen LogP contribution in [0.15, 0.2) is 28.8 Å². The minimum atomic E-state index is -1.14. The molecule has 0 aliphatic carbocycles. The number of carbonyl (C=O) groups is 2. The summed E-state index contributed by atoms with van der Waals surface area (Å²) in [5.41, 5.74) is 1.52. The van der Waals surface area contributed by atoms with Crippen molar-refractivity contribution in [2.75, 3.05) is 27.3 Å². The van der Waals surface area contributed by atoms with Crippen molar-refractivity contribution in [3.8, 4) is 11.5 Å². The largest absolute Gasteiger partial charge is 0.493 e. The van der Waals surface area contributed by atoms with Gasteiger partial charge in [0.05, 0.1) is 19.9 Å². The van der Waals surface area contributed by atoms with Gasteiger partial charge in [-0.3, -0.25) is 4.79 Å². The highest BCUT2D eigenvalue weighted by Gasteiger charge is 2.28. The zero-order chi connectivity index (χ0) is 21.5. The van der Waals surface area contributed by atoms with E-state index in [9.17, 15) is 9.59 Å². The minimum absolute atomic E-state index is 0.0203. The number of hydrogen-bond donors (Lipinski definition) is 3. The van der Waals surface area contributed by atoms with Gasteiger partial charge < -0.3 is 29.7 Å². The van der Waals surface area contributed by atoms with Crippen LogP contribution >= 0.6 is 0 Å². The molecule has 1 aliphatic heterocycles. The first-order chi connectivity index (χ1) is 14.5. The average Bonchev–Trinajstić information content (AvgIpc) is 3.22. The van der Waals surface area contributed by atoms with Crippen molar-refractivity contribution in [2.45, 2.75) is 25.8 Å². The number of carbonyl (C=O) groups excluding carboxylic acids is 1. The lowest BCUT2D eigenvalue weighted by Crippen LogP contribution is -2.40. The van der Waals surface area contributed by atoms with Crippen molar-refractivity contribution >= 4 is 11.9 Å². The topological polar surface area (TPSA) is 123 Å². The quantitative estimate of drug-likeness (QED) is 0.565. The smallest absolute Gasteiger partial charge is 0.374 e. The van der Waals surface area contributed by atoms with E-state index in [4.69, 9.17) is 19.1 Å². The van der Waals surface area contributed by atoms with Gasteiger partial charge in [-0.1, -0.05) is 11.2 Å². The Morgan fingerprint density at radius 2 is 2.03 bits per heavy atom. The fraction of sp³-hybridized carbons (Fsp3) is 0.476. The lowest BCUT2D eigenvalue weighted by molar-refractivity contribution is -0.122. The molecule has 9 nitrogen and oxygen atoms in total. The molecule has 1 fully saturated rings. The first-order valence-electron chi connectivity index (χ1n) is 9.87. The fourth-order valence-electron chi connectivity index (χ4n) is 3.76. The van der Waals surface area contributed by atoms with Crippen LogP contribution in [0.1, 0.15) is 34.7 Å². The molecular formula is C21H27N3O6. The van der Waals surface area contributed by atoms with Gasteiger partial charge in [0.15, 0.2) is 11.5 Å². The van der Waals surface area contributed by atoms with Crippen LogP contribution in [0.4, 0.5) is 0 Å². The molecule has 0 bridgehead atoms. The van der Waals surface area contributed by atoms with Crippen molar-refractivity contribution in [3.63, 3.8) is 0 Å². The van der Waals surface area contributed by atoms with E-state index in [2.05, 4.69) is 15.8 Å². The summed E-state index contributed by atoms with van der Waals surface area (Å²) < 4.78 is 15.4. The van der Waals surface area contributed by atoms with Crippen LogP contribution in [-0.2, 0) is 17.8 Å². The molecule has 2 atom stereocenters.